The van der Waals surface area contributed by atoms with Crippen LogP contribution in [0.5, 0.6) is 5.75 Å². The fourth-order valence-electron chi connectivity index (χ4n) is 4.04. The molecule has 1 amide bonds. The molecule has 0 unspecified atom stereocenters. The molecule has 27 heavy (non-hydrogen) atoms. The summed E-state index contributed by atoms with van der Waals surface area (Å²) in [6.45, 7) is 5.72. The number of phenolic OH excluding ortho intramolecular Hbond substituents is 1. The Balaban J connectivity index is 2.33. The van der Waals surface area contributed by atoms with Gasteiger partial charge in [-0.1, -0.05) is 6.07 Å². The smallest absolute Gasteiger partial charge is 0.253 e. The van der Waals surface area contributed by atoms with Gasteiger partial charge >= 0.3 is 0 Å². The Bertz CT molecular complexity index is 1260. The van der Waals surface area contributed by atoms with Crippen molar-refractivity contribution in [1.29, 1.82) is 0 Å². The third-order valence-corrected chi connectivity index (χ3v) is 5.25. The highest BCUT2D eigenvalue weighted by Gasteiger charge is 2.25. The SMILES string of the molecule is Cc1ccc(O)c(C)c1-n1c(N)c(C(N)=O)c2cc(C)c3c(cnn3C)c21. The standard InChI is InChI=1S/C20H21N5O2/c1-9-5-6-14(26)11(3)16(9)25-18-12(15(19(25)21)20(22)27)7-10(2)17-13(18)8-23-24(17)4/h5-8,26H,21H2,1-4H3,(H2,22,27). The van der Waals surface area contributed by atoms with Crippen molar-refractivity contribution < 1.29 is 9.90 Å². The van der Waals surface area contributed by atoms with Gasteiger partial charge in [-0.3, -0.25) is 14.0 Å². The summed E-state index contributed by atoms with van der Waals surface area (Å²) in [5.41, 5.74) is 17.4. The minimum absolute atomic E-state index is 0.159. The van der Waals surface area contributed by atoms with E-state index in [0.29, 0.717) is 10.9 Å². The van der Waals surface area contributed by atoms with E-state index in [1.807, 2.05) is 44.5 Å². The molecule has 0 spiro atoms. The van der Waals surface area contributed by atoms with Crippen LogP contribution in [0.15, 0.2) is 24.4 Å². The van der Waals surface area contributed by atoms with Crippen LogP contribution in [-0.4, -0.2) is 25.4 Å². The van der Waals surface area contributed by atoms with Gasteiger partial charge in [-0.15, -0.1) is 0 Å². The number of hydrogen-bond donors (Lipinski definition) is 3. The van der Waals surface area contributed by atoms with E-state index in [0.717, 1.165) is 33.2 Å². The maximum absolute atomic E-state index is 12.2. The first-order valence-electron chi connectivity index (χ1n) is 8.58. The Morgan fingerprint density at radius 2 is 1.81 bits per heavy atom. The van der Waals surface area contributed by atoms with Gasteiger partial charge in [-0.2, -0.15) is 5.10 Å². The first-order chi connectivity index (χ1) is 12.7. The topological polar surface area (TPSA) is 112 Å². The highest BCUT2D eigenvalue weighted by Crippen LogP contribution is 2.40. The lowest BCUT2D eigenvalue weighted by Gasteiger charge is -2.16. The zero-order valence-electron chi connectivity index (χ0n) is 15.7. The first-order valence-corrected chi connectivity index (χ1v) is 8.58. The predicted molar refractivity (Wildman–Crippen MR) is 106 cm³/mol. The van der Waals surface area contributed by atoms with Crippen molar-refractivity contribution in [3.8, 4) is 11.4 Å². The van der Waals surface area contributed by atoms with Gasteiger partial charge in [0.1, 0.15) is 11.6 Å². The average Bonchev–Trinajstić information content (AvgIpc) is 3.10. The fourth-order valence-corrected chi connectivity index (χ4v) is 4.04. The fraction of sp³-hybridized carbons (Fsp3) is 0.200. The van der Waals surface area contributed by atoms with Crippen LogP contribution in [0.3, 0.4) is 0 Å². The zero-order valence-corrected chi connectivity index (χ0v) is 15.7. The zero-order chi connectivity index (χ0) is 19.6. The lowest BCUT2D eigenvalue weighted by molar-refractivity contribution is 0.100. The number of aromatic nitrogens is 3. The number of rotatable bonds is 2. The predicted octanol–water partition coefficient (Wildman–Crippen LogP) is 2.83. The molecule has 5 N–H and O–H groups in total. The maximum atomic E-state index is 12.2. The number of hydrogen-bond acceptors (Lipinski definition) is 4. The Kier molecular flexibility index (Phi) is 3.46. The van der Waals surface area contributed by atoms with Gasteiger partial charge in [0.15, 0.2) is 0 Å². The number of primary amides is 1. The molecule has 2 heterocycles. The van der Waals surface area contributed by atoms with Crippen molar-refractivity contribution >= 4 is 33.5 Å². The van der Waals surface area contributed by atoms with Crippen molar-refractivity contribution in [3.63, 3.8) is 0 Å². The van der Waals surface area contributed by atoms with Crippen molar-refractivity contribution in [2.24, 2.45) is 12.8 Å². The van der Waals surface area contributed by atoms with E-state index >= 15 is 0 Å². The number of amides is 1. The van der Waals surface area contributed by atoms with E-state index in [9.17, 15) is 9.90 Å². The number of nitrogens with zero attached hydrogens (tertiary/aromatic N) is 3. The van der Waals surface area contributed by atoms with Crippen LogP contribution >= 0.6 is 0 Å². The van der Waals surface area contributed by atoms with Gasteiger partial charge in [-0.25, -0.2) is 0 Å². The molecule has 0 aliphatic heterocycles. The summed E-state index contributed by atoms with van der Waals surface area (Å²) in [4.78, 5) is 12.2. The Morgan fingerprint density at radius 1 is 1.11 bits per heavy atom. The number of anilines is 1. The van der Waals surface area contributed by atoms with Gasteiger partial charge in [-0.05, 0) is 44.0 Å². The van der Waals surface area contributed by atoms with Crippen LogP contribution in [0.2, 0.25) is 0 Å². The Labute approximate surface area is 155 Å². The molecule has 2 aromatic carbocycles. The van der Waals surface area contributed by atoms with Crippen LogP contribution < -0.4 is 11.5 Å². The lowest BCUT2D eigenvalue weighted by atomic mass is 10.0. The molecule has 0 atom stereocenters. The Hall–Kier alpha value is -3.48. The third-order valence-electron chi connectivity index (χ3n) is 5.25. The summed E-state index contributed by atoms with van der Waals surface area (Å²) in [6.07, 6.45) is 1.76. The number of fused-ring (bicyclic) bond motifs is 3. The van der Waals surface area contributed by atoms with E-state index < -0.39 is 5.91 Å². The summed E-state index contributed by atoms with van der Waals surface area (Å²) in [5.74, 6) is -0.175. The van der Waals surface area contributed by atoms with Crippen LogP contribution in [0.25, 0.3) is 27.5 Å². The van der Waals surface area contributed by atoms with Crippen LogP contribution in [0.4, 0.5) is 5.82 Å². The normalized spacial score (nSPS) is 11.6. The van der Waals surface area contributed by atoms with E-state index in [1.165, 1.54) is 0 Å². The minimum Gasteiger partial charge on any atom is -0.508 e. The van der Waals surface area contributed by atoms with E-state index in [-0.39, 0.29) is 17.1 Å². The highest BCUT2D eigenvalue weighted by molar-refractivity contribution is 6.18. The highest BCUT2D eigenvalue weighted by atomic mass is 16.3. The second-order valence-electron chi connectivity index (χ2n) is 6.96. The molecule has 7 nitrogen and oxygen atoms in total. The van der Waals surface area contributed by atoms with Crippen LogP contribution in [0.1, 0.15) is 27.0 Å². The molecule has 0 radical (unpaired) electrons. The van der Waals surface area contributed by atoms with Gasteiger partial charge in [0.2, 0.25) is 0 Å². The molecule has 0 aliphatic rings. The quantitative estimate of drug-likeness (QED) is 0.508. The molecule has 0 saturated heterocycles. The summed E-state index contributed by atoms with van der Waals surface area (Å²) < 4.78 is 3.60. The van der Waals surface area contributed by atoms with Gasteiger partial charge in [0.25, 0.3) is 5.91 Å². The van der Waals surface area contributed by atoms with Crippen molar-refractivity contribution in [3.05, 3.63) is 46.6 Å². The van der Waals surface area contributed by atoms with Crippen molar-refractivity contribution in [1.82, 2.24) is 14.3 Å². The number of phenols is 1. The Morgan fingerprint density at radius 3 is 2.48 bits per heavy atom. The number of benzene rings is 2. The van der Waals surface area contributed by atoms with Crippen LogP contribution in [0, 0.1) is 20.8 Å². The number of nitrogen functional groups attached to an aromatic ring is 1. The molecular formula is C20H21N5O2. The first kappa shape index (κ1) is 17.0. The van der Waals surface area contributed by atoms with Gasteiger partial charge < -0.3 is 16.6 Å². The number of aromatic hydroxyl groups is 1. The number of carbonyl (C=O) groups is 1. The maximum Gasteiger partial charge on any atom is 0.253 e. The molecule has 2 aromatic heterocycles. The van der Waals surface area contributed by atoms with Gasteiger partial charge in [0, 0.05) is 23.4 Å². The molecule has 7 heteroatoms. The molecule has 0 bridgehead atoms. The number of aryl methyl sites for hydroxylation is 3. The second kappa shape index (κ2) is 5.51. The summed E-state index contributed by atoms with van der Waals surface area (Å²) in [5, 5.41) is 16.2. The largest absolute Gasteiger partial charge is 0.508 e. The minimum atomic E-state index is -0.589. The molecule has 0 fully saturated rings. The van der Waals surface area contributed by atoms with Crippen molar-refractivity contribution in [2.45, 2.75) is 20.8 Å². The van der Waals surface area contributed by atoms with Crippen LogP contribution in [-0.2, 0) is 7.05 Å². The molecule has 0 saturated carbocycles. The second-order valence-corrected chi connectivity index (χ2v) is 6.96. The summed E-state index contributed by atoms with van der Waals surface area (Å²) in [7, 11) is 1.87. The third kappa shape index (κ3) is 2.14. The molecule has 4 aromatic rings. The average molecular weight is 363 g/mol. The van der Waals surface area contributed by atoms with E-state index in [2.05, 4.69) is 5.10 Å². The monoisotopic (exact) mass is 363 g/mol. The molecular weight excluding hydrogens is 342 g/mol. The number of nitrogens with two attached hydrogens (primary N) is 2. The number of carbonyl (C=O) groups excluding carboxylic acids is 1. The van der Waals surface area contributed by atoms with E-state index in [4.69, 9.17) is 11.5 Å². The van der Waals surface area contributed by atoms with Gasteiger partial charge in [0.05, 0.1) is 28.5 Å². The molecule has 0 aliphatic carbocycles. The lowest BCUT2D eigenvalue weighted by Crippen LogP contribution is -2.14. The van der Waals surface area contributed by atoms with E-state index in [1.54, 1.807) is 16.9 Å². The molecule has 138 valence electrons. The molecule has 4 rings (SSSR count). The summed E-state index contributed by atoms with van der Waals surface area (Å²) in [6, 6.07) is 5.39. The summed E-state index contributed by atoms with van der Waals surface area (Å²) >= 11 is 0. The van der Waals surface area contributed by atoms with Crippen molar-refractivity contribution in [2.75, 3.05) is 5.73 Å².